The monoisotopic (exact) mass is 295 g/mol. The van der Waals surface area contributed by atoms with Gasteiger partial charge in [-0.2, -0.15) is 0 Å². The first-order valence-corrected chi connectivity index (χ1v) is 7.23. The van der Waals surface area contributed by atoms with Gasteiger partial charge in [0.25, 0.3) is 5.91 Å². The maximum Gasteiger partial charge on any atom is 0.286 e. The molecule has 0 aliphatic carbocycles. The molecule has 0 saturated carbocycles. The molecule has 0 spiro atoms. The Labute approximate surface area is 125 Å². The highest BCUT2D eigenvalue weighted by atomic mass is 16.3. The van der Waals surface area contributed by atoms with Crippen LogP contribution in [0.1, 0.15) is 37.2 Å². The van der Waals surface area contributed by atoms with Gasteiger partial charge in [-0.1, -0.05) is 13.8 Å². The Bertz CT molecular complexity index is 443. The largest absolute Gasteiger partial charge is 0.459 e. The molecular formula is C15H25N3O3. The zero-order valence-electron chi connectivity index (χ0n) is 13.0. The molecule has 0 aliphatic rings. The molecule has 0 saturated heterocycles. The number of nitrogens with one attached hydrogen (secondary N) is 1. The van der Waals surface area contributed by atoms with Crippen LogP contribution in [0, 0.1) is 5.92 Å². The molecule has 1 heterocycles. The van der Waals surface area contributed by atoms with E-state index in [0.717, 1.165) is 6.42 Å². The van der Waals surface area contributed by atoms with Crippen molar-refractivity contribution in [1.29, 1.82) is 0 Å². The van der Waals surface area contributed by atoms with Gasteiger partial charge >= 0.3 is 0 Å². The first-order valence-electron chi connectivity index (χ1n) is 7.23. The Morgan fingerprint density at radius 2 is 2.14 bits per heavy atom. The highest BCUT2D eigenvalue weighted by Crippen LogP contribution is 2.04. The summed E-state index contributed by atoms with van der Waals surface area (Å²) in [6, 6.07) is 3.32. The minimum absolute atomic E-state index is 0.00861. The van der Waals surface area contributed by atoms with E-state index in [-0.39, 0.29) is 30.0 Å². The summed E-state index contributed by atoms with van der Waals surface area (Å²) in [6.45, 7) is 5.05. The van der Waals surface area contributed by atoms with Crippen LogP contribution in [0.2, 0.25) is 0 Å². The van der Waals surface area contributed by atoms with Crippen molar-refractivity contribution in [3.05, 3.63) is 24.2 Å². The fourth-order valence-electron chi connectivity index (χ4n) is 1.77. The van der Waals surface area contributed by atoms with E-state index in [2.05, 4.69) is 19.2 Å². The second kappa shape index (κ2) is 8.46. The smallest absolute Gasteiger partial charge is 0.286 e. The molecule has 1 atom stereocenters. The van der Waals surface area contributed by atoms with E-state index in [1.54, 1.807) is 24.1 Å². The second-order valence-corrected chi connectivity index (χ2v) is 5.50. The zero-order chi connectivity index (χ0) is 15.8. The number of carbonyl (C=O) groups excluding carboxylic acids is 2. The molecule has 6 heteroatoms. The molecule has 3 N–H and O–H groups in total. The SMILES string of the molecule is CC(C)C(N)CCN(C)C(=O)CCNC(=O)c1ccco1. The molecule has 2 amide bonds. The molecule has 0 radical (unpaired) electrons. The minimum Gasteiger partial charge on any atom is -0.459 e. The van der Waals surface area contributed by atoms with E-state index in [4.69, 9.17) is 10.2 Å². The number of rotatable bonds is 8. The summed E-state index contributed by atoms with van der Waals surface area (Å²) in [5.74, 6) is 0.336. The third-order valence-corrected chi connectivity index (χ3v) is 3.45. The van der Waals surface area contributed by atoms with Crippen LogP contribution in [0.25, 0.3) is 0 Å². The summed E-state index contributed by atoms with van der Waals surface area (Å²) in [4.78, 5) is 25.2. The van der Waals surface area contributed by atoms with Gasteiger partial charge < -0.3 is 20.4 Å². The van der Waals surface area contributed by atoms with Gasteiger partial charge in [-0.15, -0.1) is 0 Å². The Hall–Kier alpha value is -1.82. The summed E-state index contributed by atoms with van der Waals surface area (Å²) in [6.07, 6.45) is 2.48. The van der Waals surface area contributed by atoms with Crippen molar-refractivity contribution in [2.45, 2.75) is 32.7 Å². The van der Waals surface area contributed by atoms with Crippen molar-refractivity contribution in [3.8, 4) is 0 Å². The third kappa shape index (κ3) is 5.99. The molecule has 0 fully saturated rings. The van der Waals surface area contributed by atoms with Gasteiger partial charge in [0, 0.05) is 32.6 Å². The summed E-state index contributed by atoms with van der Waals surface area (Å²) in [7, 11) is 1.75. The van der Waals surface area contributed by atoms with Crippen LogP contribution < -0.4 is 11.1 Å². The molecule has 118 valence electrons. The number of hydrogen-bond acceptors (Lipinski definition) is 4. The predicted molar refractivity (Wildman–Crippen MR) is 80.7 cm³/mol. The number of furan rings is 1. The maximum atomic E-state index is 11.9. The predicted octanol–water partition coefficient (Wildman–Crippen LogP) is 1.23. The minimum atomic E-state index is -0.308. The summed E-state index contributed by atoms with van der Waals surface area (Å²) in [5, 5.41) is 2.65. The number of nitrogens with zero attached hydrogens (tertiary/aromatic N) is 1. The average molecular weight is 295 g/mol. The number of amides is 2. The van der Waals surface area contributed by atoms with Crippen LogP contribution in [0.5, 0.6) is 0 Å². The van der Waals surface area contributed by atoms with E-state index >= 15 is 0 Å². The topological polar surface area (TPSA) is 88.6 Å². The Balaban J connectivity index is 2.22. The molecule has 1 rings (SSSR count). The normalized spacial score (nSPS) is 12.2. The van der Waals surface area contributed by atoms with Gasteiger partial charge in [-0.05, 0) is 24.5 Å². The fraction of sp³-hybridized carbons (Fsp3) is 0.600. The van der Waals surface area contributed by atoms with Crippen LogP contribution in [-0.4, -0.2) is 42.9 Å². The highest BCUT2D eigenvalue weighted by molar-refractivity contribution is 5.91. The lowest BCUT2D eigenvalue weighted by molar-refractivity contribution is -0.129. The van der Waals surface area contributed by atoms with Gasteiger partial charge in [0.05, 0.1) is 6.26 Å². The number of nitrogens with two attached hydrogens (primary N) is 1. The van der Waals surface area contributed by atoms with Crippen molar-refractivity contribution in [1.82, 2.24) is 10.2 Å². The average Bonchev–Trinajstić information content (AvgIpc) is 2.97. The number of carbonyl (C=O) groups is 2. The second-order valence-electron chi connectivity index (χ2n) is 5.50. The first kappa shape index (κ1) is 17.2. The van der Waals surface area contributed by atoms with Crippen molar-refractivity contribution in [3.63, 3.8) is 0 Å². The molecule has 0 bridgehead atoms. The van der Waals surface area contributed by atoms with Crippen molar-refractivity contribution >= 4 is 11.8 Å². The fourth-order valence-corrected chi connectivity index (χ4v) is 1.77. The van der Waals surface area contributed by atoms with Crippen LogP contribution in [0.15, 0.2) is 22.8 Å². The molecule has 0 aromatic carbocycles. The molecule has 21 heavy (non-hydrogen) atoms. The van der Waals surface area contributed by atoms with Crippen LogP contribution in [0.3, 0.4) is 0 Å². The first-order chi connectivity index (χ1) is 9.91. The Morgan fingerprint density at radius 1 is 1.43 bits per heavy atom. The lowest BCUT2D eigenvalue weighted by Crippen LogP contribution is -2.36. The van der Waals surface area contributed by atoms with E-state index in [9.17, 15) is 9.59 Å². The van der Waals surface area contributed by atoms with Crippen molar-refractivity contribution < 1.29 is 14.0 Å². The van der Waals surface area contributed by atoms with E-state index in [1.165, 1.54) is 6.26 Å². The lowest BCUT2D eigenvalue weighted by atomic mass is 10.0. The molecule has 1 aromatic rings. The van der Waals surface area contributed by atoms with E-state index in [1.807, 2.05) is 0 Å². The van der Waals surface area contributed by atoms with Gasteiger partial charge in [0.1, 0.15) is 0 Å². The summed E-state index contributed by atoms with van der Waals surface area (Å²) >= 11 is 0. The zero-order valence-corrected chi connectivity index (χ0v) is 13.0. The molecular weight excluding hydrogens is 270 g/mol. The van der Waals surface area contributed by atoms with Gasteiger partial charge in [0.15, 0.2) is 5.76 Å². The third-order valence-electron chi connectivity index (χ3n) is 3.45. The van der Waals surface area contributed by atoms with Gasteiger partial charge in [-0.25, -0.2) is 0 Å². The number of hydrogen-bond donors (Lipinski definition) is 2. The van der Waals surface area contributed by atoms with E-state index in [0.29, 0.717) is 19.0 Å². The van der Waals surface area contributed by atoms with Crippen LogP contribution in [0.4, 0.5) is 0 Å². The van der Waals surface area contributed by atoms with Gasteiger partial charge in [0.2, 0.25) is 5.91 Å². The lowest BCUT2D eigenvalue weighted by Gasteiger charge is -2.21. The summed E-state index contributed by atoms with van der Waals surface area (Å²) < 4.78 is 4.97. The molecule has 6 nitrogen and oxygen atoms in total. The molecule has 1 aromatic heterocycles. The van der Waals surface area contributed by atoms with Crippen molar-refractivity contribution in [2.75, 3.05) is 20.1 Å². The Kier molecular flexibility index (Phi) is 6.94. The van der Waals surface area contributed by atoms with Gasteiger partial charge in [-0.3, -0.25) is 9.59 Å². The van der Waals surface area contributed by atoms with Crippen LogP contribution in [-0.2, 0) is 4.79 Å². The quantitative estimate of drug-likeness (QED) is 0.755. The van der Waals surface area contributed by atoms with Crippen LogP contribution >= 0.6 is 0 Å². The summed E-state index contributed by atoms with van der Waals surface area (Å²) in [5.41, 5.74) is 5.95. The maximum absolute atomic E-state index is 11.9. The molecule has 0 aliphatic heterocycles. The highest BCUT2D eigenvalue weighted by Gasteiger charge is 2.13. The van der Waals surface area contributed by atoms with E-state index < -0.39 is 0 Å². The Morgan fingerprint density at radius 3 is 2.71 bits per heavy atom. The van der Waals surface area contributed by atoms with Crippen molar-refractivity contribution in [2.24, 2.45) is 11.7 Å². The molecule has 1 unspecified atom stereocenters. The standard InChI is InChI=1S/C15H25N3O3/c1-11(2)12(16)7-9-18(3)14(19)6-8-17-15(20)13-5-4-10-21-13/h4-5,10-12H,6-9,16H2,1-3H3,(H,17,20).